The van der Waals surface area contributed by atoms with Crippen molar-refractivity contribution >= 4 is 11.6 Å². The number of anilines is 1. The molecule has 0 bridgehead atoms. The minimum absolute atomic E-state index is 0.0752. The fourth-order valence-corrected chi connectivity index (χ4v) is 1.98. The number of benzene rings is 1. The largest absolute Gasteiger partial charge is 0.328 e. The van der Waals surface area contributed by atoms with Gasteiger partial charge in [0.15, 0.2) is 0 Å². The second-order valence-electron chi connectivity index (χ2n) is 4.43. The van der Waals surface area contributed by atoms with Crippen LogP contribution in [0, 0.1) is 0 Å². The fraction of sp³-hybridized carbons (Fsp3) is 0. The predicted molar refractivity (Wildman–Crippen MR) is 79.0 cm³/mol. The Morgan fingerprint density at radius 1 is 1.14 bits per heavy atom. The summed E-state index contributed by atoms with van der Waals surface area (Å²) in [4.78, 5) is 26.1. The fourth-order valence-electron chi connectivity index (χ4n) is 1.98. The average molecular weight is 280 g/mol. The number of nitrogens with one attached hydrogen (secondary N) is 3. The van der Waals surface area contributed by atoms with Crippen LogP contribution in [-0.2, 0) is 0 Å². The number of amides is 1. The van der Waals surface area contributed by atoms with Gasteiger partial charge in [-0.2, -0.15) is 5.10 Å². The minimum Gasteiger partial charge on any atom is -0.328 e. The number of carbonyl (C=O) groups excluding carboxylic acids is 1. The van der Waals surface area contributed by atoms with Crippen molar-refractivity contribution in [1.29, 1.82) is 0 Å². The lowest BCUT2D eigenvalue weighted by Crippen LogP contribution is -2.22. The first-order valence-corrected chi connectivity index (χ1v) is 6.32. The molecule has 0 atom stereocenters. The van der Waals surface area contributed by atoms with Gasteiger partial charge < -0.3 is 10.3 Å². The Morgan fingerprint density at radius 3 is 2.81 bits per heavy atom. The van der Waals surface area contributed by atoms with Crippen LogP contribution in [0.1, 0.15) is 10.4 Å². The lowest BCUT2D eigenvalue weighted by atomic mass is 10.1. The molecule has 2 heterocycles. The van der Waals surface area contributed by atoms with Crippen LogP contribution >= 0.6 is 0 Å². The van der Waals surface area contributed by atoms with Crippen molar-refractivity contribution in [3.8, 4) is 11.1 Å². The van der Waals surface area contributed by atoms with Gasteiger partial charge in [0.2, 0.25) is 0 Å². The Kier molecular flexibility index (Phi) is 3.34. The third-order valence-electron chi connectivity index (χ3n) is 3.01. The molecule has 0 saturated carbocycles. The second kappa shape index (κ2) is 5.46. The zero-order chi connectivity index (χ0) is 14.7. The summed E-state index contributed by atoms with van der Waals surface area (Å²) in [7, 11) is 0. The predicted octanol–water partition coefficient (Wildman–Crippen LogP) is 2.02. The monoisotopic (exact) mass is 280 g/mol. The summed E-state index contributed by atoms with van der Waals surface area (Å²) in [6, 6.07) is 10.4. The molecule has 0 aliphatic heterocycles. The van der Waals surface area contributed by atoms with Crippen molar-refractivity contribution in [2.24, 2.45) is 0 Å². The first-order chi connectivity index (χ1) is 10.2. The van der Waals surface area contributed by atoms with Crippen LogP contribution in [0.15, 0.2) is 59.8 Å². The molecular weight excluding hydrogens is 268 g/mol. The normalized spacial score (nSPS) is 10.3. The molecule has 2 aromatic heterocycles. The SMILES string of the molecule is O=C(Nc1cccc(-c2cn[nH]c2)c1)c1ccc[nH]c1=O. The second-order valence-corrected chi connectivity index (χ2v) is 4.43. The molecule has 0 aliphatic carbocycles. The van der Waals surface area contributed by atoms with Gasteiger partial charge in [-0.1, -0.05) is 12.1 Å². The van der Waals surface area contributed by atoms with Crippen molar-refractivity contribution in [2.45, 2.75) is 0 Å². The maximum Gasteiger partial charge on any atom is 0.261 e. The van der Waals surface area contributed by atoms with Gasteiger partial charge in [0.1, 0.15) is 5.56 Å². The van der Waals surface area contributed by atoms with Crippen LogP contribution in [0.2, 0.25) is 0 Å². The van der Waals surface area contributed by atoms with Gasteiger partial charge in [-0.15, -0.1) is 0 Å². The van der Waals surface area contributed by atoms with E-state index in [-0.39, 0.29) is 5.56 Å². The van der Waals surface area contributed by atoms with Gasteiger partial charge >= 0.3 is 0 Å². The highest BCUT2D eigenvalue weighted by Gasteiger charge is 2.10. The van der Waals surface area contributed by atoms with E-state index in [1.54, 1.807) is 24.5 Å². The number of nitrogens with zero attached hydrogens (tertiary/aromatic N) is 1. The van der Waals surface area contributed by atoms with E-state index in [0.717, 1.165) is 11.1 Å². The minimum atomic E-state index is -0.443. The van der Waals surface area contributed by atoms with Gasteiger partial charge in [-0.05, 0) is 29.8 Å². The summed E-state index contributed by atoms with van der Waals surface area (Å²) in [5.74, 6) is -0.443. The van der Waals surface area contributed by atoms with E-state index in [9.17, 15) is 9.59 Å². The third-order valence-corrected chi connectivity index (χ3v) is 3.01. The van der Waals surface area contributed by atoms with Crippen molar-refractivity contribution in [3.63, 3.8) is 0 Å². The lowest BCUT2D eigenvalue weighted by molar-refractivity contribution is 0.102. The molecule has 0 unspecified atom stereocenters. The summed E-state index contributed by atoms with van der Waals surface area (Å²) in [5.41, 5.74) is 2.11. The molecule has 0 spiro atoms. The molecule has 0 radical (unpaired) electrons. The first-order valence-electron chi connectivity index (χ1n) is 6.32. The van der Waals surface area contributed by atoms with Crippen molar-refractivity contribution < 1.29 is 4.79 Å². The van der Waals surface area contributed by atoms with Gasteiger partial charge in [0.05, 0.1) is 6.20 Å². The molecule has 1 aromatic carbocycles. The molecular formula is C15H12N4O2. The molecule has 3 rings (SSSR count). The topological polar surface area (TPSA) is 90.6 Å². The van der Waals surface area contributed by atoms with Crippen LogP contribution in [0.25, 0.3) is 11.1 Å². The van der Waals surface area contributed by atoms with Crippen LogP contribution < -0.4 is 10.9 Å². The average Bonchev–Trinajstić information content (AvgIpc) is 3.02. The Labute approximate surface area is 119 Å². The number of hydrogen-bond acceptors (Lipinski definition) is 3. The Hall–Kier alpha value is -3.15. The maximum absolute atomic E-state index is 12.1. The van der Waals surface area contributed by atoms with Crippen molar-refractivity contribution in [3.05, 3.63) is 70.9 Å². The summed E-state index contributed by atoms with van der Waals surface area (Å²) in [5, 5.41) is 9.34. The molecule has 104 valence electrons. The van der Waals surface area contributed by atoms with E-state index < -0.39 is 11.5 Å². The molecule has 0 saturated heterocycles. The van der Waals surface area contributed by atoms with Crippen LogP contribution in [0.5, 0.6) is 0 Å². The molecule has 3 N–H and O–H groups in total. The zero-order valence-corrected chi connectivity index (χ0v) is 11.0. The van der Waals surface area contributed by atoms with E-state index >= 15 is 0 Å². The maximum atomic E-state index is 12.1. The van der Waals surface area contributed by atoms with E-state index in [2.05, 4.69) is 20.5 Å². The summed E-state index contributed by atoms with van der Waals surface area (Å²) < 4.78 is 0. The van der Waals surface area contributed by atoms with Crippen LogP contribution in [0.3, 0.4) is 0 Å². The summed E-state index contributed by atoms with van der Waals surface area (Å²) in [6.45, 7) is 0. The molecule has 3 aromatic rings. The quantitative estimate of drug-likeness (QED) is 0.685. The molecule has 6 nitrogen and oxygen atoms in total. The number of carbonyl (C=O) groups is 1. The Morgan fingerprint density at radius 2 is 2.05 bits per heavy atom. The lowest BCUT2D eigenvalue weighted by Gasteiger charge is -2.06. The van der Waals surface area contributed by atoms with Crippen LogP contribution in [-0.4, -0.2) is 21.1 Å². The highest BCUT2D eigenvalue weighted by Crippen LogP contribution is 2.21. The molecule has 0 aliphatic rings. The molecule has 0 fully saturated rings. The Balaban J connectivity index is 1.86. The number of aromatic nitrogens is 3. The van der Waals surface area contributed by atoms with E-state index in [1.807, 2.05) is 18.2 Å². The van der Waals surface area contributed by atoms with Crippen molar-refractivity contribution in [1.82, 2.24) is 15.2 Å². The van der Waals surface area contributed by atoms with E-state index in [0.29, 0.717) is 5.69 Å². The van der Waals surface area contributed by atoms with Gasteiger partial charge in [-0.25, -0.2) is 0 Å². The Bertz CT molecular complexity index is 821. The first kappa shape index (κ1) is 12.9. The summed E-state index contributed by atoms with van der Waals surface area (Å²) in [6.07, 6.45) is 4.95. The van der Waals surface area contributed by atoms with E-state index in [1.165, 1.54) is 12.3 Å². The number of rotatable bonds is 3. The highest BCUT2D eigenvalue weighted by molar-refractivity contribution is 6.04. The smallest absolute Gasteiger partial charge is 0.261 e. The number of hydrogen-bond donors (Lipinski definition) is 3. The molecule has 1 amide bonds. The van der Waals surface area contributed by atoms with Crippen LogP contribution in [0.4, 0.5) is 5.69 Å². The standard InChI is InChI=1S/C15H12N4O2/c20-14-13(5-2-6-16-14)15(21)19-12-4-1-3-10(7-12)11-8-17-18-9-11/h1-9H,(H,16,20)(H,17,18)(H,19,21). The number of pyridine rings is 1. The third kappa shape index (κ3) is 2.74. The van der Waals surface area contributed by atoms with Gasteiger partial charge in [0.25, 0.3) is 11.5 Å². The molecule has 21 heavy (non-hydrogen) atoms. The highest BCUT2D eigenvalue weighted by atomic mass is 16.2. The number of aromatic amines is 2. The van der Waals surface area contributed by atoms with E-state index in [4.69, 9.17) is 0 Å². The number of H-pyrrole nitrogens is 2. The summed E-state index contributed by atoms with van der Waals surface area (Å²) >= 11 is 0. The van der Waals surface area contributed by atoms with Gasteiger partial charge in [0, 0.05) is 23.6 Å². The van der Waals surface area contributed by atoms with Gasteiger partial charge in [-0.3, -0.25) is 14.7 Å². The van der Waals surface area contributed by atoms with Crippen molar-refractivity contribution in [2.75, 3.05) is 5.32 Å². The molecule has 6 heteroatoms. The zero-order valence-electron chi connectivity index (χ0n) is 11.0.